The fourth-order valence-corrected chi connectivity index (χ4v) is 2.58. The van der Waals surface area contributed by atoms with E-state index >= 15 is 0 Å². The standard InChI is InChI=1S/C13H14N6/c1-2-4-11-10(3-1)16-12(13-17-15-9-19(11)13)18-7-5-14-6-8-18/h1-4,9,14H,5-8H2. The summed E-state index contributed by atoms with van der Waals surface area (Å²) in [5, 5.41) is 11.6. The van der Waals surface area contributed by atoms with Crippen LogP contribution in [0.1, 0.15) is 0 Å². The molecule has 1 N–H and O–H groups in total. The number of nitrogens with zero attached hydrogens (tertiary/aromatic N) is 5. The molecule has 0 bridgehead atoms. The summed E-state index contributed by atoms with van der Waals surface area (Å²) in [6.45, 7) is 3.87. The van der Waals surface area contributed by atoms with Gasteiger partial charge in [-0.15, -0.1) is 10.2 Å². The SMILES string of the molecule is c1ccc2c(c1)nc(N1CCNCC1)c1nncn12. The molecule has 0 radical (unpaired) electrons. The highest BCUT2D eigenvalue weighted by atomic mass is 15.3. The van der Waals surface area contributed by atoms with Crippen LogP contribution in [-0.4, -0.2) is 45.8 Å². The monoisotopic (exact) mass is 254 g/mol. The smallest absolute Gasteiger partial charge is 0.204 e. The molecule has 6 heteroatoms. The van der Waals surface area contributed by atoms with E-state index in [-0.39, 0.29) is 0 Å². The van der Waals surface area contributed by atoms with Crippen LogP contribution >= 0.6 is 0 Å². The molecule has 3 aromatic rings. The predicted octanol–water partition coefficient (Wildman–Crippen LogP) is 0.687. The summed E-state index contributed by atoms with van der Waals surface area (Å²) in [5.74, 6) is 0.928. The number of hydrogen-bond donors (Lipinski definition) is 1. The van der Waals surface area contributed by atoms with Crippen LogP contribution in [0.4, 0.5) is 5.82 Å². The van der Waals surface area contributed by atoms with Crippen molar-refractivity contribution in [3.05, 3.63) is 30.6 Å². The minimum Gasteiger partial charge on any atom is -0.351 e. The van der Waals surface area contributed by atoms with Crippen LogP contribution in [0.3, 0.4) is 0 Å². The van der Waals surface area contributed by atoms with E-state index in [1.54, 1.807) is 6.33 Å². The van der Waals surface area contributed by atoms with Crippen molar-refractivity contribution in [3.63, 3.8) is 0 Å². The first-order valence-electron chi connectivity index (χ1n) is 6.47. The van der Waals surface area contributed by atoms with E-state index in [9.17, 15) is 0 Å². The Morgan fingerprint density at radius 2 is 1.95 bits per heavy atom. The number of para-hydroxylation sites is 2. The molecule has 1 aliphatic heterocycles. The molecule has 1 fully saturated rings. The van der Waals surface area contributed by atoms with E-state index in [1.165, 1.54) is 0 Å². The van der Waals surface area contributed by atoms with Gasteiger partial charge >= 0.3 is 0 Å². The number of rotatable bonds is 1. The largest absolute Gasteiger partial charge is 0.351 e. The number of fused-ring (bicyclic) bond motifs is 3. The minimum absolute atomic E-state index is 0.834. The Bertz CT molecular complexity index is 728. The van der Waals surface area contributed by atoms with E-state index in [0.29, 0.717) is 0 Å². The summed E-state index contributed by atoms with van der Waals surface area (Å²) in [6.07, 6.45) is 1.76. The van der Waals surface area contributed by atoms with Crippen molar-refractivity contribution >= 4 is 22.5 Å². The Morgan fingerprint density at radius 3 is 2.84 bits per heavy atom. The number of hydrogen-bond acceptors (Lipinski definition) is 5. The zero-order valence-corrected chi connectivity index (χ0v) is 10.5. The molecule has 1 aliphatic rings. The lowest BCUT2D eigenvalue weighted by molar-refractivity contribution is 0.586. The highest BCUT2D eigenvalue weighted by molar-refractivity contribution is 5.82. The van der Waals surface area contributed by atoms with Gasteiger partial charge in [0, 0.05) is 26.2 Å². The molecule has 0 atom stereocenters. The van der Waals surface area contributed by atoms with Gasteiger partial charge in [0.05, 0.1) is 11.0 Å². The van der Waals surface area contributed by atoms with Crippen LogP contribution in [0, 0.1) is 0 Å². The highest BCUT2D eigenvalue weighted by Crippen LogP contribution is 2.22. The second-order valence-corrected chi connectivity index (χ2v) is 4.69. The molecule has 1 aromatic carbocycles. The normalized spacial score (nSPS) is 16.3. The molecule has 4 rings (SSSR count). The van der Waals surface area contributed by atoms with Crippen molar-refractivity contribution in [1.82, 2.24) is 24.9 Å². The Kier molecular flexibility index (Phi) is 2.34. The molecule has 2 aromatic heterocycles. The van der Waals surface area contributed by atoms with Gasteiger partial charge < -0.3 is 10.2 Å². The van der Waals surface area contributed by atoms with Crippen LogP contribution in [0.15, 0.2) is 30.6 Å². The van der Waals surface area contributed by atoms with Crippen molar-refractivity contribution in [2.75, 3.05) is 31.1 Å². The molecule has 0 unspecified atom stereocenters. The van der Waals surface area contributed by atoms with Gasteiger partial charge in [0.1, 0.15) is 6.33 Å². The summed E-state index contributed by atoms with van der Waals surface area (Å²) in [7, 11) is 0. The van der Waals surface area contributed by atoms with Gasteiger partial charge in [0.15, 0.2) is 5.82 Å². The van der Waals surface area contributed by atoms with Crippen molar-refractivity contribution in [3.8, 4) is 0 Å². The third kappa shape index (κ3) is 1.64. The molecular weight excluding hydrogens is 240 g/mol. The zero-order valence-electron chi connectivity index (χ0n) is 10.5. The van der Waals surface area contributed by atoms with Gasteiger partial charge in [-0.3, -0.25) is 4.40 Å². The first-order chi connectivity index (χ1) is 9.43. The zero-order chi connectivity index (χ0) is 12.7. The van der Waals surface area contributed by atoms with Crippen molar-refractivity contribution in [2.24, 2.45) is 0 Å². The highest BCUT2D eigenvalue weighted by Gasteiger charge is 2.18. The maximum absolute atomic E-state index is 4.77. The van der Waals surface area contributed by atoms with E-state index in [4.69, 9.17) is 4.98 Å². The van der Waals surface area contributed by atoms with Crippen LogP contribution in [0.2, 0.25) is 0 Å². The minimum atomic E-state index is 0.834. The molecule has 0 spiro atoms. The van der Waals surface area contributed by atoms with Gasteiger partial charge in [0.25, 0.3) is 0 Å². The molecule has 1 saturated heterocycles. The molecule has 96 valence electrons. The molecule has 0 amide bonds. The fraction of sp³-hybridized carbons (Fsp3) is 0.308. The lowest BCUT2D eigenvalue weighted by Gasteiger charge is -2.28. The summed E-state index contributed by atoms with van der Waals surface area (Å²) in [5.41, 5.74) is 2.85. The van der Waals surface area contributed by atoms with Gasteiger partial charge in [0.2, 0.25) is 5.65 Å². The molecule has 0 saturated carbocycles. The molecule has 19 heavy (non-hydrogen) atoms. The molecule has 0 aliphatic carbocycles. The second-order valence-electron chi connectivity index (χ2n) is 4.69. The first kappa shape index (κ1) is 10.7. The topological polar surface area (TPSA) is 58.4 Å². The van der Waals surface area contributed by atoms with Crippen LogP contribution in [0.5, 0.6) is 0 Å². The third-order valence-electron chi connectivity index (χ3n) is 3.53. The van der Waals surface area contributed by atoms with E-state index in [2.05, 4.69) is 20.4 Å². The number of nitrogens with one attached hydrogen (secondary N) is 1. The van der Waals surface area contributed by atoms with Gasteiger partial charge in [-0.25, -0.2) is 4.98 Å². The quantitative estimate of drug-likeness (QED) is 0.692. The van der Waals surface area contributed by atoms with Crippen molar-refractivity contribution in [2.45, 2.75) is 0 Å². The van der Waals surface area contributed by atoms with Crippen molar-refractivity contribution in [1.29, 1.82) is 0 Å². The van der Waals surface area contributed by atoms with Gasteiger partial charge in [-0.05, 0) is 12.1 Å². The maximum atomic E-state index is 4.77. The Morgan fingerprint density at radius 1 is 1.11 bits per heavy atom. The summed E-state index contributed by atoms with van der Waals surface area (Å²) >= 11 is 0. The van der Waals surface area contributed by atoms with E-state index < -0.39 is 0 Å². The van der Waals surface area contributed by atoms with Crippen LogP contribution in [-0.2, 0) is 0 Å². The Hall–Kier alpha value is -2.21. The first-order valence-corrected chi connectivity index (χ1v) is 6.47. The molecular formula is C13H14N6. The van der Waals surface area contributed by atoms with Gasteiger partial charge in [-0.1, -0.05) is 12.1 Å². The van der Waals surface area contributed by atoms with Crippen LogP contribution < -0.4 is 10.2 Å². The summed E-state index contributed by atoms with van der Waals surface area (Å²) in [6, 6.07) is 8.09. The van der Waals surface area contributed by atoms with E-state index in [0.717, 1.165) is 48.7 Å². The lowest BCUT2D eigenvalue weighted by Crippen LogP contribution is -2.44. The van der Waals surface area contributed by atoms with E-state index in [1.807, 2.05) is 28.7 Å². The predicted molar refractivity (Wildman–Crippen MR) is 73.4 cm³/mol. The average molecular weight is 254 g/mol. The number of aromatic nitrogens is 4. The molecule has 3 heterocycles. The Balaban J connectivity index is 1.99. The number of benzene rings is 1. The Labute approximate surface area is 110 Å². The lowest BCUT2D eigenvalue weighted by atomic mass is 10.3. The fourth-order valence-electron chi connectivity index (χ4n) is 2.58. The number of anilines is 1. The van der Waals surface area contributed by atoms with Crippen LogP contribution in [0.25, 0.3) is 16.7 Å². The summed E-state index contributed by atoms with van der Waals surface area (Å²) < 4.78 is 2.01. The molecule has 6 nitrogen and oxygen atoms in total. The van der Waals surface area contributed by atoms with Gasteiger partial charge in [-0.2, -0.15) is 0 Å². The maximum Gasteiger partial charge on any atom is 0.204 e. The average Bonchev–Trinajstić information content (AvgIpc) is 2.97. The number of piperazine rings is 1. The van der Waals surface area contributed by atoms with Crippen molar-refractivity contribution < 1.29 is 0 Å². The third-order valence-corrected chi connectivity index (χ3v) is 3.53. The second kappa shape index (κ2) is 4.17. The summed E-state index contributed by atoms with van der Waals surface area (Å²) in [4.78, 5) is 7.04.